The molecule has 10 heteroatoms. The summed E-state index contributed by atoms with van der Waals surface area (Å²) >= 11 is 3.37. The van der Waals surface area contributed by atoms with Gasteiger partial charge in [0.2, 0.25) is 5.69 Å². The summed E-state index contributed by atoms with van der Waals surface area (Å²) in [5, 5.41) is 19.1. The van der Waals surface area contributed by atoms with Crippen LogP contribution in [0.25, 0.3) is 0 Å². The molecule has 0 aliphatic carbocycles. The van der Waals surface area contributed by atoms with Crippen molar-refractivity contribution in [2.45, 2.75) is 6.54 Å². The van der Waals surface area contributed by atoms with Crippen molar-refractivity contribution in [3.05, 3.63) is 86.4 Å². The van der Waals surface area contributed by atoms with Gasteiger partial charge in [-0.1, -0.05) is 28.1 Å². The molecule has 136 valence electrons. The number of nitrogens with zero attached hydrogens (tertiary/aromatic N) is 5. The minimum atomic E-state index is -0.764. The summed E-state index contributed by atoms with van der Waals surface area (Å²) in [6.45, 7) is 0.286. The van der Waals surface area contributed by atoms with E-state index in [1.807, 2.05) is 24.3 Å². The molecular weight excluding hydrogens is 416 g/mol. The quantitative estimate of drug-likeness (QED) is 0.368. The highest BCUT2D eigenvalue weighted by molar-refractivity contribution is 9.10. The molecule has 1 N–H and O–H groups in total. The molecule has 0 fully saturated rings. The van der Waals surface area contributed by atoms with Gasteiger partial charge in [-0.15, -0.1) is 0 Å². The van der Waals surface area contributed by atoms with Gasteiger partial charge in [-0.05, 0) is 35.4 Å². The standard InChI is InChI=1S/C17H13BrN6O3/c18-14-3-1-2-13(8-14)10-23-11-15(24(26)27)16(22-23)17(25)21-20-9-12-4-6-19-7-5-12/h1-9,11H,10H2,(H,21,25)/b20-9-. The number of nitrogens with one attached hydrogen (secondary N) is 1. The van der Waals surface area contributed by atoms with E-state index in [2.05, 4.69) is 36.5 Å². The van der Waals surface area contributed by atoms with Crippen LogP contribution in [0, 0.1) is 10.1 Å². The number of benzene rings is 1. The van der Waals surface area contributed by atoms with Crippen LogP contribution in [0.3, 0.4) is 0 Å². The maximum atomic E-state index is 12.3. The SMILES string of the molecule is O=C(N/N=C\c1ccncc1)c1nn(Cc2cccc(Br)c2)cc1[N+](=O)[O-]. The van der Waals surface area contributed by atoms with Crippen molar-refractivity contribution < 1.29 is 9.72 Å². The van der Waals surface area contributed by atoms with Crippen LogP contribution in [-0.2, 0) is 6.54 Å². The van der Waals surface area contributed by atoms with E-state index in [1.165, 1.54) is 17.1 Å². The van der Waals surface area contributed by atoms with Gasteiger partial charge in [0.25, 0.3) is 5.91 Å². The minimum absolute atomic E-state index is 0.286. The second-order valence-electron chi connectivity index (χ2n) is 5.43. The number of aromatic nitrogens is 3. The average molecular weight is 429 g/mol. The Hall–Kier alpha value is -3.40. The predicted molar refractivity (Wildman–Crippen MR) is 101 cm³/mol. The van der Waals surface area contributed by atoms with E-state index in [-0.39, 0.29) is 17.9 Å². The number of hydrogen-bond donors (Lipinski definition) is 1. The second-order valence-corrected chi connectivity index (χ2v) is 6.34. The summed E-state index contributed by atoms with van der Waals surface area (Å²) in [6, 6.07) is 10.8. The molecule has 0 saturated carbocycles. The van der Waals surface area contributed by atoms with Crippen molar-refractivity contribution in [2.75, 3.05) is 0 Å². The first-order chi connectivity index (χ1) is 13.0. The van der Waals surface area contributed by atoms with Gasteiger partial charge >= 0.3 is 5.69 Å². The minimum Gasteiger partial charge on any atom is -0.265 e. The molecule has 0 aliphatic heterocycles. The zero-order valence-corrected chi connectivity index (χ0v) is 15.4. The number of amides is 1. The van der Waals surface area contributed by atoms with E-state index < -0.39 is 10.8 Å². The van der Waals surface area contributed by atoms with Gasteiger partial charge in [0.05, 0.1) is 17.7 Å². The predicted octanol–water partition coefficient (Wildman–Crippen LogP) is 2.76. The van der Waals surface area contributed by atoms with E-state index >= 15 is 0 Å². The van der Waals surface area contributed by atoms with Crippen molar-refractivity contribution in [1.82, 2.24) is 20.2 Å². The van der Waals surface area contributed by atoms with E-state index in [4.69, 9.17) is 0 Å². The summed E-state index contributed by atoms with van der Waals surface area (Å²) in [5.41, 5.74) is 3.16. The van der Waals surface area contributed by atoms with Crippen molar-refractivity contribution in [1.29, 1.82) is 0 Å². The lowest BCUT2D eigenvalue weighted by Crippen LogP contribution is -2.19. The Morgan fingerprint density at radius 1 is 1.33 bits per heavy atom. The second kappa shape index (κ2) is 8.32. The molecule has 1 aromatic carbocycles. The van der Waals surface area contributed by atoms with Gasteiger partial charge in [-0.25, -0.2) is 5.43 Å². The molecule has 0 saturated heterocycles. The maximum Gasteiger partial charge on any atom is 0.320 e. The summed E-state index contributed by atoms with van der Waals surface area (Å²) in [7, 11) is 0. The molecule has 0 bridgehead atoms. The highest BCUT2D eigenvalue weighted by Gasteiger charge is 2.25. The van der Waals surface area contributed by atoms with Crippen LogP contribution >= 0.6 is 15.9 Å². The fraction of sp³-hybridized carbons (Fsp3) is 0.0588. The van der Waals surface area contributed by atoms with E-state index in [1.54, 1.807) is 24.5 Å². The van der Waals surface area contributed by atoms with Gasteiger partial charge in [-0.3, -0.25) is 24.6 Å². The highest BCUT2D eigenvalue weighted by atomic mass is 79.9. The van der Waals surface area contributed by atoms with Crippen LogP contribution in [0.1, 0.15) is 21.6 Å². The fourth-order valence-electron chi connectivity index (χ4n) is 2.28. The summed E-state index contributed by atoms with van der Waals surface area (Å²) in [6.07, 6.45) is 5.79. The Bertz CT molecular complexity index is 1000. The topological polar surface area (TPSA) is 115 Å². The molecule has 0 radical (unpaired) electrons. The van der Waals surface area contributed by atoms with Gasteiger partial charge in [0.15, 0.2) is 0 Å². The third-order valence-electron chi connectivity index (χ3n) is 3.47. The molecule has 2 heterocycles. The van der Waals surface area contributed by atoms with Crippen molar-refractivity contribution in [2.24, 2.45) is 5.10 Å². The first-order valence-electron chi connectivity index (χ1n) is 7.72. The third-order valence-corrected chi connectivity index (χ3v) is 3.97. The number of pyridine rings is 1. The number of halogens is 1. The zero-order chi connectivity index (χ0) is 19.2. The molecule has 0 spiro atoms. The van der Waals surface area contributed by atoms with Crippen LogP contribution in [0.5, 0.6) is 0 Å². The van der Waals surface area contributed by atoms with Crippen LogP contribution in [-0.4, -0.2) is 31.8 Å². The number of hydrogen-bond acceptors (Lipinski definition) is 6. The monoisotopic (exact) mass is 428 g/mol. The molecular formula is C17H13BrN6O3. The van der Waals surface area contributed by atoms with Crippen LogP contribution in [0.2, 0.25) is 0 Å². The van der Waals surface area contributed by atoms with Crippen LogP contribution in [0.15, 0.2) is 64.6 Å². The number of rotatable bonds is 6. The maximum absolute atomic E-state index is 12.3. The Morgan fingerprint density at radius 2 is 2.11 bits per heavy atom. The third kappa shape index (κ3) is 4.82. The van der Waals surface area contributed by atoms with Crippen molar-refractivity contribution in [3.63, 3.8) is 0 Å². The van der Waals surface area contributed by atoms with Gasteiger partial charge < -0.3 is 0 Å². The van der Waals surface area contributed by atoms with Crippen LogP contribution < -0.4 is 5.43 Å². The molecule has 27 heavy (non-hydrogen) atoms. The largest absolute Gasteiger partial charge is 0.320 e. The number of carbonyl (C=O) groups is 1. The molecule has 3 rings (SSSR count). The number of carbonyl (C=O) groups excluding carboxylic acids is 1. The van der Waals surface area contributed by atoms with Crippen LogP contribution in [0.4, 0.5) is 5.69 Å². The van der Waals surface area contributed by atoms with Gasteiger partial charge in [-0.2, -0.15) is 10.2 Å². The number of hydrazone groups is 1. The number of nitro groups is 1. The zero-order valence-electron chi connectivity index (χ0n) is 13.8. The summed E-state index contributed by atoms with van der Waals surface area (Å²) < 4.78 is 2.23. The lowest BCUT2D eigenvalue weighted by Gasteiger charge is -2.01. The van der Waals surface area contributed by atoms with E-state index in [9.17, 15) is 14.9 Å². The fourth-order valence-corrected chi connectivity index (χ4v) is 2.72. The molecule has 0 unspecified atom stereocenters. The van der Waals surface area contributed by atoms with E-state index in [0.29, 0.717) is 0 Å². The molecule has 3 aromatic rings. The summed E-state index contributed by atoms with van der Waals surface area (Å²) in [4.78, 5) is 26.7. The molecule has 0 atom stereocenters. The van der Waals surface area contributed by atoms with E-state index in [0.717, 1.165) is 15.6 Å². The highest BCUT2D eigenvalue weighted by Crippen LogP contribution is 2.18. The first-order valence-corrected chi connectivity index (χ1v) is 8.52. The van der Waals surface area contributed by atoms with Gasteiger partial charge in [0.1, 0.15) is 6.20 Å². The normalized spacial score (nSPS) is 10.9. The Labute approximate surface area is 162 Å². The van der Waals surface area contributed by atoms with Crippen molar-refractivity contribution >= 4 is 33.7 Å². The molecule has 1 amide bonds. The molecule has 9 nitrogen and oxygen atoms in total. The Morgan fingerprint density at radius 3 is 2.81 bits per heavy atom. The Balaban J connectivity index is 1.77. The lowest BCUT2D eigenvalue weighted by atomic mass is 10.2. The smallest absolute Gasteiger partial charge is 0.265 e. The van der Waals surface area contributed by atoms with Crippen molar-refractivity contribution in [3.8, 4) is 0 Å². The summed E-state index contributed by atoms with van der Waals surface area (Å²) in [5.74, 6) is -0.764. The lowest BCUT2D eigenvalue weighted by molar-refractivity contribution is -0.385. The average Bonchev–Trinajstić information content (AvgIpc) is 3.07. The molecule has 2 aromatic heterocycles. The molecule has 0 aliphatic rings. The van der Waals surface area contributed by atoms with Gasteiger partial charge in [0, 0.05) is 16.9 Å². The Kier molecular flexibility index (Phi) is 5.67. The first kappa shape index (κ1) is 18.4.